The lowest BCUT2D eigenvalue weighted by atomic mass is 9.76. The molecule has 1 spiro atoms. The van der Waals surface area contributed by atoms with Gasteiger partial charge in [0, 0.05) is 61.7 Å². The van der Waals surface area contributed by atoms with Gasteiger partial charge in [0.25, 0.3) is 0 Å². The molecule has 39 heavy (non-hydrogen) atoms. The number of hydrogen-bond donors (Lipinski definition) is 2. The highest BCUT2D eigenvalue weighted by Crippen LogP contribution is 2.46. The third kappa shape index (κ3) is 4.67. The summed E-state index contributed by atoms with van der Waals surface area (Å²) in [5, 5.41) is 5.70. The number of rotatable bonds is 7. The number of hydrogen-bond acceptors (Lipinski definition) is 5. The molecule has 0 bridgehead atoms. The van der Waals surface area contributed by atoms with E-state index >= 15 is 4.39 Å². The number of allylic oxidation sites excluding steroid dienone is 4. The lowest BCUT2D eigenvalue weighted by molar-refractivity contribution is -0.140. The molecule has 4 unspecified atom stereocenters. The molecule has 7 rings (SSSR count). The summed E-state index contributed by atoms with van der Waals surface area (Å²) in [6.07, 6.45) is 17.0. The van der Waals surface area contributed by atoms with E-state index < -0.39 is 11.7 Å². The van der Waals surface area contributed by atoms with E-state index in [0.717, 1.165) is 64.6 Å². The molecule has 2 saturated carbocycles. The number of nitrogens with one attached hydrogen (secondary N) is 2. The molecule has 210 valence electrons. The van der Waals surface area contributed by atoms with Crippen molar-refractivity contribution in [3.63, 3.8) is 0 Å². The zero-order valence-electron chi connectivity index (χ0n) is 23.2. The van der Waals surface area contributed by atoms with Crippen LogP contribution in [0.2, 0.25) is 0 Å². The van der Waals surface area contributed by atoms with Crippen LogP contribution in [0.4, 0.5) is 4.39 Å². The van der Waals surface area contributed by atoms with Crippen LogP contribution in [0.1, 0.15) is 58.8 Å². The second-order valence-corrected chi connectivity index (χ2v) is 13.3. The van der Waals surface area contributed by atoms with Gasteiger partial charge in [0.1, 0.15) is 17.5 Å². The average Bonchev–Trinajstić information content (AvgIpc) is 3.83. The number of halogens is 1. The molecule has 4 fully saturated rings. The van der Waals surface area contributed by atoms with Gasteiger partial charge in [-0.1, -0.05) is 18.2 Å². The quantitative estimate of drug-likeness (QED) is 0.488. The van der Waals surface area contributed by atoms with Crippen LogP contribution in [-0.4, -0.2) is 70.5 Å². The van der Waals surface area contributed by atoms with Crippen LogP contribution >= 0.6 is 0 Å². The molecular formula is C31H42FN5O2. The molecule has 4 aliphatic carbocycles. The number of amides is 2. The number of hydrazine groups is 1. The number of likely N-dealkylation sites (tertiary alicyclic amines) is 1. The van der Waals surface area contributed by atoms with Crippen molar-refractivity contribution < 1.29 is 14.0 Å². The molecule has 0 aromatic heterocycles. The molecule has 0 aromatic carbocycles. The molecule has 7 aliphatic rings. The van der Waals surface area contributed by atoms with Crippen LogP contribution in [0, 0.1) is 29.6 Å². The van der Waals surface area contributed by atoms with E-state index in [-0.39, 0.29) is 35.4 Å². The molecule has 2 amide bonds. The Kier molecular flexibility index (Phi) is 6.27. The zero-order valence-corrected chi connectivity index (χ0v) is 23.2. The molecule has 4 atom stereocenters. The van der Waals surface area contributed by atoms with Gasteiger partial charge in [0.15, 0.2) is 0 Å². The molecule has 3 aliphatic heterocycles. The molecule has 3 heterocycles. The van der Waals surface area contributed by atoms with Gasteiger partial charge in [-0.2, -0.15) is 0 Å². The van der Waals surface area contributed by atoms with Gasteiger partial charge < -0.3 is 14.8 Å². The first-order valence-electron chi connectivity index (χ1n) is 15.2. The Bertz CT molecular complexity index is 1160. The Balaban J connectivity index is 0.989. The molecule has 8 heteroatoms. The van der Waals surface area contributed by atoms with Crippen molar-refractivity contribution in [2.75, 3.05) is 26.2 Å². The monoisotopic (exact) mass is 535 g/mol. The predicted octanol–water partition coefficient (Wildman–Crippen LogP) is 3.64. The summed E-state index contributed by atoms with van der Waals surface area (Å²) < 4.78 is 15.7. The van der Waals surface area contributed by atoms with Crippen molar-refractivity contribution in [3.8, 4) is 0 Å². The molecule has 2 saturated heterocycles. The number of carbonyl (C=O) groups excluding carboxylic acids is 2. The number of carbonyl (C=O) groups is 2. The Labute approximate surface area is 231 Å². The lowest BCUT2D eigenvalue weighted by Gasteiger charge is -2.42. The number of nitrogens with zero attached hydrogens (tertiary/aromatic N) is 3. The molecular weight excluding hydrogens is 493 g/mol. The SMILES string of the molecule is CC(C)N1C=C(C2C=CC(C3C=C(F)C(C4NC5(CC5)C(=O)N4CC4CN(C(=O)C5CC5)C4)=CC3)CC2)CN1. The highest BCUT2D eigenvalue weighted by Gasteiger charge is 2.60. The summed E-state index contributed by atoms with van der Waals surface area (Å²) in [6, 6.07) is 0.439. The Morgan fingerprint density at radius 1 is 1.13 bits per heavy atom. The first-order chi connectivity index (χ1) is 18.8. The summed E-state index contributed by atoms with van der Waals surface area (Å²) >= 11 is 0. The van der Waals surface area contributed by atoms with E-state index in [0.29, 0.717) is 30.0 Å². The van der Waals surface area contributed by atoms with E-state index in [1.54, 1.807) is 0 Å². The molecule has 2 N–H and O–H groups in total. The summed E-state index contributed by atoms with van der Waals surface area (Å²) in [5.74, 6) is 1.68. The Morgan fingerprint density at radius 3 is 2.54 bits per heavy atom. The topological polar surface area (TPSA) is 67.9 Å². The minimum atomic E-state index is -0.494. The van der Waals surface area contributed by atoms with Gasteiger partial charge in [-0.3, -0.25) is 14.9 Å². The molecule has 7 nitrogen and oxygen atoms in total. The largest absolute Gasteiger partial charge is 0.342 e. The van der Waals surface area contributed by atoms with E-state index in [4.69, 9.17) is 0 Å². The fourth-order valence-electron chi connectivity index (χ4n) is 7.21. The van der Waals surface area contributed by atoms with E-state index in [9.17, 15) is 9.59 Å². The Hall–Kier alpha value is -2.45. The highest BCUT2D eigenvalue weighted by molar-refractivity contribution is 5.92. The standard InChI is InChI=1S/C31H42FN5O2/c1-19(2)37-18-25(14-33-37)22-5-3-21(4-6-22)24-9-10-26(27(32)13-24)28-34-31(11-12-31)30(39)36(28)17-20-15-35(16-20)29(38)23-7-8-23/h3,5,10,13,18-24,28,33-34H,4,6-9,11-12,14-17H2,1-2H3. The first kappa shape index (κ1) is 25.5. The normalized spacial score (nSPS) is 34.0. The van der Waals surface area contributed by atoms with Gasteiger partial charge >= 0.3 is 0 Å². The maximum absolute atomic E-state index is 15.7. The van der Waals surface area contributed by atoms with Crippen molar-refractivity contribution in [1.29, 1.82) is 0 Å². The summed E-state index contributed by atoms with van der Waals surface area (Å²) in [6.45, 7) is 7.30. The van der Waals surface area contributed by atoms with Crippen molar-refractivity contribution >= 4 is 11.8 Å². The predicted molar refractivity (Wildman–Crippen MR) is 147 cm³/mol. The van der Waals surface area contributed by atoms with Crippen molar-refractivity contribution in [1.82, 2.24) is 25.6 Å². The minimum Gasteiger partial charge on any atom is -0.342 e. The van der Waals surface area contributed by atoms with Crippen molar-refractivity contribution in [3.05, 3.63) is 47.5 Å². The van der Waals surface area contributed by atoms with Gasteiger partial charge in [-0.15, -0.1) is 0 Å². The minimum absolute atomic E-state index is 0.114. The third-order valence-corrected chi connectivity index (χ3v) is 10.1. The zero-order chi connectivity index (χ0) is 26.9. The van der Waals surface area contributed by atoms with Gasteiger partial charge in [-0.25, -0.2) is 9.82 Å². The Morgan fingerprint density at radius 2 is 1.92 bits per heavy atom. The highest BCUT2D eigenvalue weighted by atomic mass is 19.1. The lowest BCUT2D eigenvalue weighted by Crippen LogP contribution is -2.56. The fourth-order valence-corrected chi connectivity index (χ4v) is 7.21. The second kappa shape index (κ2) is 9.58. The van der Waals surface area contributed by atoms with Crippen LogP contribution in [0.5, 0.6) is 0 Å². The van der Waals surface area contributed by atoms with Crippen LogP contribution in [0.25, 0.3) is 0 Å². The maximum atomic E-state index is 15.7. The van der Waals surface area contributed by atoms with E-state index in [1.165, 1.54) is 5.57 Å². The van der Waals surface area contributed by atoms with Crippen molar-refractivity contribution in [2.45, 2.75) is 76.5 Å². The summed E-state index contributed by atoms with van der Waals surface area (Å²) in [5.41, 5.74) is 5.02. The van der Waals surface area contributed by atoms with Crippen LogP contribution in [0.3, 0.4) is 0 Å². The smallest absolute Gasteiger partial charge is 0.244 e. The van der Waals surface area contributed by atoms with Crippen LogP contribution in [-0.2, 0) is 9.59 Å². The molecule has 0 aromatic rings. The average molecular weight is 536 g/mol. The second-order valence-electron chi connectivity index (χ2n) is 13.3. The van der Waals surface area contributed by atoms with Gasteiger partial charge in [0.05, 0.1) is 0 Å². The maximum Gasteiger partial charge on any atom is 0.244 e. The molecule has 0 radical (unpaired) electrons. The van der Waals surface area contributed by atoms with Crippen LogP contribution in [0.15, 0.2) is 47.5 Å². The third-order valence-electron chi connectivity index (χ3n) is 10.1. The van der Waals surface area contributed by atoms with E-state index in [2.05, 4.69) is 48.0 Å². The van der Waals surface area contributed by atoms with Crippen LogP contribution < -0.4 is 10.7 Å². The van der Waals surface area contributed by atoms with Crippen molar-refractivity contribution in [2.24, 2.45) is 29.6 Å². The first-order valence-corrected chi connectivity index (χ1v) is 15.2. The summed E-state index contributed by atoms with van der Waals surface area (Å²) in [4.78, 5) is 29.5. The summed E-state index contributed by atoms with van der Waals surface area (Å²) in [7, 11) is 0. The van der Waals surface area contributed by atoms with Gasteiger partial charge in [-0.05, 0) is 82.3 Å². The van der Waals surface area contributed by atoms with E-state index in [1.807, 2.05) is 22.0 Å². The fraction of sp³-hybridized carbons (Fsp3) is 0.677. The van der Waals surface area contributed by atoms with Gasteiger partial charge in [0.2, 0.25) is 11.8 Å².